The number of Topliss-reactive ketones (excluding diaryl/α,β-unsaturated/α-hetero) is 1. The van der Waals surface area contributed by atoms with Gasteiger partial charge in [-0.2, -0.15) is 0 Å². The summed E-state index contributed by atoms with van der Waals surface area (Å²) in [7, 11) is 0. The third-order valence-electron chi connectivity index (χ3n) is 3.03. The van der Waals surface area contributed by atoms with Crippen LogP contribution < -0.4 is 11.1 Å². The van der Waals surface area contributed by atoms with Crippen molar-refractivity contribution in [1.82, 2.24) is 9.97 Å². The van der Waals surface area contributed by atoms with Crippen LogP contribution in [0.25, 0.3) is 0 Å². The number of nitrogens with one attached hydrogen (secondary N) is 2. The molecule has 0 spiro atoms. The van der Waals surface area contributed by atoms with Crippen LogP contribution in [0.1, 0.15) is 42.5 Å². The zero-order chi connectivity index (χ0) is 13.8. The predicted molar refractivity (Wildman–Crippen MR) is 76.1 cm³/mol. The molecule has 4 N–H and O–H groups in total. The minimum absolute atomic E-state index is 0.0350. The van der Waals surface area contributed by atoms with Gasteiger partial charge in [-0.3, -0.25) is 4.79 Å². The van der Waals surface area contributed by atoms with Crippen LogP contribution in [-0.2, 0) is 0 Å². The average Bonchev–Trinajstić information content (AvgIpc) is 2.91. The second kappa shape index (κ2) is 5.56. The van der Waals surface area contributed by atoms with Gasteiger partial charge in [-0.1, -0.05) is 6.92 Å². The summed E-state index contributed by atoms with van der Waals surface area (Å²) in [5.41, 5.74) is 7.69. The maximum absolute atomic E-state index is 11.5. The molecule has 0 saturated heterocycles. The lowest BCUT2D eigenvalue weighted by molar-refractivity contribution is 0.101. The summed E-state index contributed by atoms with van der Waals surface area (Å²) < 4.78 is 0. The molecule has 2 rings (SSSR count). The van der Waals surface area contributed by atoms with E-state index in [9.17, 15) is 4.79 Å². The van der Waals surface area contributed by atoms with E-state index >= 15 is 0 Å². The lowest BCUT2D eigenvalue weighted by Crippen LogP contribution is -2.12. The van der Waals surface area contributed by atoms with Crippen molar-refractivity contribution in [1.29, 1.82) is 0 Å². The molecule has 0 aliphatic carbocycles. The van der Waals surface area contributed by atoms with Gasteiger partial charge in [0.2, 0.25) is 0 Å². The average molecular weight is 258 g/mol. The summed E-state index contributed by atoms with van der Waals surface area (Å²) >= 11 is 0. The number of hydrogen-bond donors (Lipinski definition) is 3. The third kappa shape index (κ3) is 2.93. The Morgan fingerprint density at radius 2 is 2.32 bits per heavy atom. The van der Waals surface area contributed by atoms with Gasteiger partial charge in [0.15, 0.2) is 5.78 Å². The first-order chi connectivity index (χ1) is 9.11. The summed E-state index contributed by atoms with van der Waals surface area (Å²) in [6.45, 7) is 3.59. The minimum Gasteiger partial charge on any atom is -0.398 e. The Kier molecular flexibility index (Phi) is 3.85. The van der Waals surface area contributed by atoms with E-state index in [1.165, 1.54) is 6.92 Å². The Morgan fingerprint density at radius 1 is 1.53 bits per heavy atom. The number of ketones is 1. The number of imidazole rings is 1. The number of hydrogen-bond acceptors (Lipinski definition) is 4. The molecule has 1 aromatic heterocycles. The van der Waals surface area contributed by atoms with E-state index in [0.717, 1.165) is 17.9 Å². The highest BCUT2D eigenvalue weighted by molar-refractivity contribution is 6.00. The Balaban J connectivity index is 2.23. The fraction of sp³-hybridized carbons (Fsp3) is 0.286. The van der Waals surface area contributed by atoms with Crippen molar-refractivity contribution in [3.8, 4) is 0 Å². The molecule has 0 fully saturated rings. The third-order valence-corrected chi connectivity index (χ3v) is 3.03. The van der Waals surface area contributed by atoms with Gasteiger partial charge < -0.3 is 16.0 Å². The predicted octanol–water partition coefficient (Wildman–Crippen LogP) is 2.76. The molecule has 5 heteroatoms. The number of anilines is 2. The molecule has 1 unspecified atom stereocenters. The van der Waals surface area contributed by atoms with E-state index in [2.05, 4.69) is 22.2 Å². The quantitative estimate of drug-likeness (QED) is 0.568. The number of carbonyl (C=O) groups is 1. The fourth-order valence-electron chi connectivity index (χ4n) is 1.98. The maximum Gasteiger partial charge on any atom is 0.161 e. The molecule has 100 valence electrons. The second-order valence-corrected chi connectivity index (χ2v) is 4.44. The molecule has 0 saturated carbocycles. The molecule has 1 heterocycles. The van der Waals surface area contributed by atoms with E-state index in [-0.39, 0.29) is 11.8 Å². The second-order valence-electron chi connectivity index (χ2n) is 4.44. The van der Waals surface area contributed by atoms with E-state index < -0.39 is 0 Å². The molecule has 5 nitrogen and oxygen atoms in total. The summed E-state index contributed by atoms with van der Waals surface area (Å²) in [5.74, 6) is 0.843. The number of carbonyl (C=O) groups excluding carboxylic acids is 1. The van der Waals surface area contributed by atoms with Gasteiger partial charge in [-0.05, 0) is 31.5 Å². The number of nitrogens with zero attached hydrogens (tertiary/aromatic N) is 1. The van der Waals surface area contributed by atoms with Crippen molar-refractivity contribution in [2.45, 2.75) is 26.3 Å². The van der Waals surface area contributed by atoms with E-state index in [0.29, 0.717) is 11.3 Å². The largest absolute Gasteiger partial charge is 0.398 e. The fourth-order valence-corrected chi connectivity index (χ4v) is 1.98. The van der Waals surface area contributed by atoms with Crippen LogP contribution in [0.5, 0.6) is 0 Å². The number of rotatable bonds is 5. The molecule has 0 aliphatic heterocycles. The smallest absolute Gasteiger partial charge is 0.161 e. The lowest BCUT2D eigenvalue weighted by Gasteiger charge is -2.17. The molecule has 0 radical (unpaired) electrons. The monoisotopic (exact) mass is 258 g/mol. The van der Waals surface area contributed by atoms with Crippen LogP contribution in [0.4, 0.5) is 11.4 Å². The number of aromatic nitrogens is 2. The first-order valence-corrected chi connectivity index (χ1v) is 6.28. The number of nitrogens with two attached hydrogens (primary N) is 1. The Bertz CT molecular complexity index is 563. The molecule has 2 aromatic rings. The summed E-state index contributed by atoms with van der Waals surface area (Å²) in [6.07, 6.45) is 4.40. The standard InChI is InChI=1S/C14H18N4O/c1-3-13(14-16-6-7-17-14)18-10-4-5-12(15)11(8-10)9(2)19/h4-8,13,18H,3,15H2,1-2H3,(H,16,17). The molecule has 0 aliphatic rings. The van der Waals surface area contributed by atoms with Crippen molar-refractivity contribution in [3.63, 3.8) is 0 Å². The molecule has 1 atom stereocenters. The number of H-pyrrole nitrogens is 1. The summed E-state index contributed by atoms with van der Waals surface area (Å²) in [6, 6.07) is 5.48. The van der Waals surface area contributed by atoms with Crippen LogP contribution in [0.3, 0.4) is 0 Å². The highest BCUT2D eigenvalue weighted by atomic mass is 16.1. The zero-order valence-corrected chi connectivity index (χ0v) is 11.1. The molecule has 19 heavy (non-hydrogen) atoms. The topological polar surface area (TPSA) is 83.8 Å². The van der Waals surface area contributed by atoms with Gasteiger partial charge in [0.25, 0.3) is 0 Å². The SMILES string of the molecule is CCC(Nc1ccc(N)c(C(C)=O)c1)c1ncc[nH]1. The first-order valence-electron chi connectivity index (χ1n) is 6.28. The van der Waals surface area contributed by atoms with Crippen LogP contribution in [0.15, 0.2) is 30.6 Å². The van der Waals surface area contributed by atoms with Gasteiger partial charge in [0.05, 0.1) is 6.04 Å². The normalized spacial score (nSPS) is 12.1. The van der Waals surface area contributed by atoms with Crippen molar-refractivity contribution in [2.24, 2.45) is 0 Å². The van der Waals surface area contributed by atoms with Gasteiger partial charge >= 0.3 is 0 Å². The van der Waals surface area contributed by atoms with Gasteiger partial charge in [-0.25, -0.2) is 4.98 Å². The Labute approximate surface area is 112 Å². The summed E-state index contributed by atoms with van der Waals surface area (Å²) in [4.78, 5) is 18.8. The zero-order valence-electron chi connectivity index (χ0n) is 11.1. The Morgan fingerprint density at radius 3 is 2.89 bits per heavy atom. The summed E-state index contributed by atoms with van der Waals surface area (Å²) in [5, 5.41) is 3.35. The molecule has 1 aromatic carbocycles. The lowest BCUT2D eigenvalue weighted by atomic mass is 10.1. The maximum atomic E-state index is 11.5. The van der Waals surface area contributed by atoms with Crippen LogP contribution in [-0.4, -0.2) is 15.8 Å². The van der Waals surface area contributed by atoms with Crippen molar-refractivity contribution in [2.75, 3.05) is 11.1 Å². The highest BCUT2D eigenvalue weighted by Crippen LogP contribution is 2.23. The van der Waals surface area contributed by atoms with Crippen molar-refractivity contribution >= 4 is 17.2 Å². The highest BCUT2D eigenvalue weighted by Gasteiger charge is 2.13. The molecular weight excluding hydrogens is 240 g/mol. The number of nitrogen functional groups attached to an aromatic ring is 1. The number of aromatic amines is 1. The van der Waals surface area contributed by atoms with E-state index in [1.807, 2.05) is 6.07 Å². The Hall–Kier alpha value is -2.30. The molecule has 0 bridgehead atoms. The minimum atomic E-state index is -0.0350. The van der Waals surface area contributed by atoms with Crippen molar-refractivity contribution in [3.05, 3.63) is 42.0 Å². The molecular formula is C14H18N4O. The van der Waals surface area contributed by atoms with Crippen LogP contribution >= 0.6 is 0 Å². The van der Waals surface area contributed by atoms with Gasteiger partial charge in [0, 0.05) is 29.3 Å². The number of benzene rings is 1. The van der Waals surface area contributed by atoms with E-state index in [1.54, 1.807) is 24.5 Å². The van der Waals surface area contributed by atoms with Gasteiger partial charge in [0.1, 0.15) is 5.82 Å². The van der Waals surface area contributed by atoms with Crippen LogP contribution in [0.2, 0.25) is 0 Å². The van der Waals surface area contributed by atoms with E-state index in [4.69, 9.17) is 5.73 Å². The first kappa shape index (κ1) is 13.1. The van der Waals surface area contributed by atoms with Crippen molar-refractivity contribution < 1.29 is 4.79 Å². The van der Waals surface area contributed by atoms with Gasteiger partial charge in [-0.15, -0.1) is 0 Å². The van der Waals surface area contributed by atoms with Crippen LogP contribution in [0, 0.1) is 0 Å². The molecule has 0 amide bonds.